The zero-order chi connectivity index (χ0) is 12.1. The Hall–Kier alpha value is -0.280. The van der Waals surface area contributed by atoms with Gasteiger partial charge in [0.25, 0.3) is 0 Å². The average molecular weight is 300 g/mol. The Kier molecular flexibility index (Phi) is 5.11. The third kappa shape index (κ3) is 3.59. The summed E-state index contributed by atoms with van der Waals surface area (Å²) in [6.07, 6.45) is 9.83. The first-order valence-electron chi connectivity index (χ1n) is 6.77. The van der Waals surface area contributed by atoms with E-state index in [2.05, 4.69) is 34.2 Å². The lowest BCUT2D eigenvalue weighted by Crippen LogP contribution is -2.24. The van der Waals surface area contributed by atoms with Crippen molar-refractivity contribution < 1.29 is 4.42 Å². The van der Waals surface area contributed by atoms with Crippen LogP contribution in [0.3, 0.4) is 0 Å². The van der Waals surface area contributed by atoms with Gasteiger partial charge in [-0.05, 0) is 47.3 Å². The molecule has 0 bridgehead atoms. The lowest BCUT2D eigenvalue weighted by molar-refractivity contribution is 0.390. The van der Waals surface area contributed by atoms with Gasteiger partial charge in [0.1, 0.15) is 0 Å². The number of hydrogen-bond acceptors (Lipinski definition) is 2. The highest BCUT2D eigenvalue weighted by Gasteiger charge is 2.23. The van der Waals surface area contributed by atoms with Gasteiger partial charge < -0.3 is 9.73 Å². The van der Waals surface area contributed by atoms with Crippen LogP contribution in [-0.2, 0) is 0 Å². The van der Waals surface area contributed by atoms with Crippen LogP contribution >= 0.6 is 15.9 Å². The Balaban J connectivity index is 1.99. The molecular formula is C14H22BrNO. The summed E-state index contributed by atoms with van der Waals surface area (Å²) in [5.74, 6) is 0.895. The van der Waals surface area contributed by atoms with Gasteiger partial charge in [-0.15, -0.1) is 0 Å². The summed E-state index contributed by atoms with van der Waals surface area (Å²) in [5, 5.41) is 3.65. The van der Waals surface area contributed by atoms with Gasteiger partial charge in [-0.1, -0.05) is 32.6 Å². The smallest absolute Gasteiger partial charge is 0.173 e. The van der Waals surface area contributed by atoms with Gasteiger partial charge in [0.05, 0.1) is 6.26 Å². The van der Waals surface area contributed by atoms with Crippen LogP contribution in [0.5, 0.6) is 0 Å². The largest absolute Gasteiger partial charge is 0.457 e. The molecule has 1 aromatic heterocycles. The van der Waals surface area contributed by atoms with E-state index < -0.39 is 0 Å². The Morgan fingerprint density at radius 1 is 1.47 bits per heavy atom. The van der Waals surface area contributed by atoms with Crippen LogP contribution in [0.25, 0.3) is 0 Å². The zero-order valence-corrected chi connectivity index (χ0v) is 12.1. The second-order valence-electron chi connectivity index (χ2n) is 5.04. The maximum absolute atomic E-state index is 5.37. The van der Waals surface area contributed by atoms with E-state index in [9.17, 15) is 0 Å². The minimum absolute atomic E-state index is 0.450. The maximum Gasteiger partial charge on any atom is 0.173 e. The quantitative estimate of drug-likeness (QED) is 0.826. The topological polar surface area (TPSA) is 25.2 Å². The first-order valence-corrected chi connectivity index (χ1v) is 7.56. The number of furan rings is 1. The molecule has 96 valence electrons. The fraction of sp³-hybridized carbons (Fsp3) is 0.714. The van der Waals surface area contributed by atoms with Gasteiger partial charge in [0.2, 0.25) is 0 Å². The van der Waals surface area contributed by atoms with Crippen LogP contribution in [0.15, 0.2) is 21.4 Å². The van der Waals surface area contributed by atoms with Crippen LogP contribution in [0.1, 0.15) is 57.1 Å². The van der Waals surface area contributed by atoms with Crippen molar-refractivity contribution in [3.8, 4) is 0 Å². The number of nitrogens with one attached hydrogen (secondary N) is 1. The van der Waals surface area contributed by atoms with Crippen molar-refractivity contribution in [2.75, 3.05) is 6.54 Å². The van der Waals surface area contributed by atoms with E-state index in [-0.39, 0.29) is 0 Å². The van der Waals surface area contributed by atoms with Gasteiger partial charge in [0, 0.05) is 11.6 Å². The van der Waals surface area contributed by atoms with E-state index in [1.807, 2.05) is 0 Å². The molecule has 1 atom stereocenters. The molecule has 1 saturated carbocycles. The molecule has 1 fully saturated rings. The van der Waals surface area contributed by atoms with E-state index >= 15 is 0 Å². The maximum atomic E-state index is 5.37. The predicted molar refractivity (Wildman–Crippen MR) is 74.0 cm³/mol. The summed E-state index contributed by atoms with van der Waals surface area (Å²) in [6, 6.07) is 2.54. The molecule has 2 rings (SSSR count). The summed E-state index contributed by atoms with van der Waals surface area (Å²) in [7, 11) is 0. The van der Waals surface area contributed by atoms with Crippen molar-refractivity contribution in [2.45, 2.75) is 51.5 Å². The number of rotatable bonds is 6. The van der Waals surface area contributed by atoms with E-state index in [4.69, 9.17) is 4.42 Å². The van der Waals surface area contributed by atoms with Crippen LogP contribution < -0.4 is 5.32 Å². The summed E-state index contributed by atoms with van der Waals surface area (Å²) in [4.78, 5) is 0. The third-order valence-corrected chi connectivity index (χ3v) is 4.35. The zero-order valence-electron chi connectivity index (χ0n) is 10.5. The minimum Gasteiger partial charge on any atom is -0.457 e. The lowest BCUT2D eigenvalue weighted by atomic mass is 9.95. The predicted octanol–water partition coefficient (Wildman–Crippen LogP) is 4.66. The van der Waals surface area contributed by atoms with Crippen LogP contribution in [0.2, 0.25) is 0 Å². The summed E-state index contributed by atoms with van der Waals surface area (Å²) < 4.78 is 6.26. The molecule has 1 aromatic rings. The highest BCUT2D eigenvalue weighted by molar-refractivity contribution is 9.10. The van der Waals surface area contributed by atoms with Crippen LogP contribution in [-0.4, -0.2) is 6.54 Å². The average Bonchev–Trinajstić information content (AvgIpc) is 2.95. The van der Waals surface area contributed by atoms with Crippen molar-refractivity contribution in [1.82, 2.24) is 5.32 Å². The summed E-state index contributed by atoms with van der Waals surface area (Å²) >= 11 is 3.50. The van der Waals surface area contributed by atoms with Crippen molar-refractivity contribution in [2.24, 2.45) is 5.92 Å². The lowest BCUT2D eigenvalue weighted by Gasteiger charge is -2.21. The van der Waals surface area contributed by atoms with Gasteiger partial charge in [-0.3, -0.25) is 0 Å². The molecule has 0 radical (unpaired) electrons. The second kappa shape index (κ2) is 6.60. The van der Waals surface area contributed by atoms with Gasteiger partial charge in [-0.25, -0.2) is 0 Å². The normalized spacial score (nSPS) is 18.7. The molecular weight excluding hydrogens is 278 g/mol. The molecule has 3 heteroatoms. The van der Waals surface area contributed by atoms with Crippen molar-refractivity contribution in [1.29, 1.82) is 0 Å². The molecule has 1 heterocycles. The Morgan fingerprint density at radius 2 is 2.24 bits per heavy atom. The summed E-state index contributed by atoms with van der Waals surface area (Å²) in [6.45, 7) is 3.29. The highest BCUT2D eigenvalue weighted by atomic mass is 79.9. The molecule has 2 nitrogen and oxygen atoms in total. The third-order valence-electron chi connectivity index (χ3n) is 3.71. The minimum atomic E-state index is 0.450. The van der Waals surface area contributed by atoms with Crippen molar-refractivity contribution in [3.63, 3.8) is 0 Å². The second-order valence-corrected chi connectivity index (χ2v) is 5.76. The van der Waals surface area contributed by atoms with E-state index in [1.54, 1.807) is 6.26 Å². The van der Waals surface area contributed by atoms with E-state index in [0.717, 1.165) is 17.1 Å². The molecule has 0 aromatic carbocycles. The molecule has 17 heavy (non-hydrogen) atoms. The molecule has 0 saturated heterocycles. The van der Waals surface area contributed by atoms with Crippen LogP contribution in [0.4, 0.5) is 0 Å². The first kappa shape index (κ1) is 13.2. The molecule has 0 aliphatic heterocycles. The summed E-state index contributed by atoms with van der Waals surface area (Å²) in [5.41, 5.74) is 1.28. The fourth-order valence-corrected chi connectivity index (χ4v) is 3.29. The molecule has 0 spiro atoms. The fourth-order valence-electron chi connectivity index (χ4n) is 2.77. The van der Waals surface area contributed by atoms with E-state index in [0.29, 0.717) is 6.04 Å². The van der Waals surface area contributed by atoms with Gasteiger partial charge in [0.15, 0.2) is 4.67 Å². The monoisotopic (exact) mass is 299 g/mol. The Morgan fingerprint density at radius 3 is 2.82 bits per heavy atom. The van der Waals surface area contributed by atoms with Gasteiger partial charge >= 0.3 is 0 Å². The Labute approximate surface area is 112 Å². The standard InChI is InChI=1S/C14H22BrNO/c1-2-8-16-13(10-11-5-3-4-6-11)12-7-9-17-14(12)15/h7,9,11,13,16H,2-6,8,10H2,1H3. The molecule has 1 aliphatic carbocycles. The first-order chi connectivity index (χ1) is 8.31. The van der Waals surface area contributed by atoms with Crippen molar-refractivity contribution in [3.05, 3.63) is 22.6 Å². The van der Waals surface area contributed by atoms with E-state index in [1.165, 1.54) is 44.1 Å². The van der Waals surface area contributed by atoms with Gasteiger partial charge in [-0.2, -0.15) is 0 Å². The number of halogens is 1. The molecule has 1 unspecified atom stereocenters. The van der Waals surface area contributed by atoms with Crippen molar-refractivity contribution >= 4 is 15.9 Å². The molecule has 0 amide bonds. The number of hydrogen-bond donors (Lipinski definition) is 1. The highest BCUT2D eigenvalue weighted by Crippen LogP contribution is 2.35. The molecule has 1 N–H and O–H groups in total. The van der Waals surface area contributed by atoms with Crippen LogP contribution in [0, 0.1) is 5.92 Å². The Bertz CT molecular complexity index is 331. The SMILES string of the molecule is CCCNC(CC1CCCC1)c1ccoc1Br. The molecule has 1 aliphatic rings.